The van der Waals surface area contributed by atoms with E-state index in [9.17, 15) is 4.79 Å². The van der Waals surface area contributed by atoms with Crippen LogP contribution in [0.4, 0.5) is 5.69 Å². The van der Waals surface area contributed by atoms with Gasteiger partial charge in [0.05, 0.1) is 22.8 Å². The summed E-state index contributed by atoms with van der Waals surface area (Å²) in [7, 11) is 1.90. The smallest absolute Gasteiger partial charge is 0.283 e. The molecule has 33 heavy (non-hydrogen) atoms. The number of hydrogen-bond donors (Lipinski definition) is 0. The third kappa shape index (κ3) is 3.88. The zero-order valence-electron chi connectivity index (χ0n) is 18.1. The second-order valence-electron chi connectivity index (χ2n) is 7.61. The molecule has 0 N–H and O–H groups in total. The predicted molar refractivity (Wildman–Crippen MR) is 135 cm³/mol. The Balaban J connectivity index is 1.84. The molecule has 5 rings (SSSR count). The van der Waals surface area contributed by atoms with Crippen molar-refractivity contribution in [1.29, 1.82) is 0 Å². The summed E-state index contributed by atoms with van der Waals surface area (Å²) in [4.78, 5) is 19.4. The maximum atomic E-state index is 13.8. The Morgan fingerprint density at radius 1 is 0.909 bits per heavy atom. The van der Waals surface area contributed by atoms with E-state index in [2.05, 4.69) is 0 Å². The molecule has 0 atom stereocenters. The van der Waals surface area contributed by atoms with E-state index in [-0.39, 0.29) is 5.56 Å². The van der Waals surface area contributed by atoms with Gasteiger partial charge in [-0.05, 0) is 43.3 Å². The summed E-state index contributed by atoms with van der Waals surface area (Å²) in [5.41, 5.74) is 4.69. The summed E-state index contributed by atoms with van der Waals surface area (Å²) in [5, 5.41) is 2.66. The summed E-state index contributed by atoms with van der Waals surface area (Å²) in [5.74, 6) is 0. The van der Waals surface area contributed by atoms with Crippen LogP contribution in [0.5, 0.6) is 0 Å². The fourth-order valence-electron chi connectivity index (χ4n) is 3.88. The van der Waals surface area contributed by atoms with Crippen molar-refractivity contribution in [3.05, 3.63) is 116 Å². The van der Waals surface area contributed by atoms with Crippen LogP contribution in [-0.2, 0) is 7.05 Å². The van der Waals surface area contributed by atoms with Gasteiger partial charge in [-0.2, -0.15) is 0 Å². The second-order valence-corrected chi connectivity index (χ2v) is 8.88. The Kier molecular flexibility index (Phi) is 5.62. The summed E-state index contributed by atoms with van der Waals surface area (Å²) >= 11 is 7.79. The fourth-order valence-corrected chi connectivity index (χ4v) is 4.98. The van der Waals surface area contributed by atoms with Gasteiger partial charge in [0.25, 0.3) is 5.56 Å². The molecule has 0 bridgehead atoms. The topological polar surface area (TPSA) is 44.2 Å². The summed E-state index contributed by atoms with van der Waals surface area (Å²) in [6.45, 7) is 1.95. The van der Waals surface area contributed by atoms with Crippen molar-refractivity contribution >= 4 is 28.6 Å². The molecule has 5 nitrogen and oxygen atoms in total. The molecule has 164 valence electrons. The third-order valence-electron chi connectivity index (χ3n) is 5.56. The van der Waals surface area contributed by atoms with Gasteiger partial charge in [0.1, 0.15) is 5.69 Å². The zero-order chi connectivity index (χ0) is 22.9. The Morgan fingerprint density at radius 2 is 1.61 bits per heavy atom. The van der Waals surface area contributed by atoms with Gasteiger partial charge >= 0.3 is 0 Å². The lowest BCUT2D eigenvalue weighted by Gasteiger charge is -2.09. The minimum Gasteiger partial charge on any atom is -0.283 e. The summed E-state index contributed by atoms with van der Waals surface area (Å²) < 4.78 is 5.51. The van der Waals surface area contributed by atoms with Crippen molar-refractivity contribution in [2.75, 3.05) is 0 Å². The van der Waals surface area contributed by atoms with Gasteiger partial charge in [-0.3, -0.25) is 14.0 Å². The first kappa shape index (κ1) is 21.2. The largest absolute Gasteiger partial charge is 0.296 e. The quantitative estimate of drug-likeness (QED) is 0.321. The Morgan fingerprint density at radius 3 is 2.30 bits per heavy atom. The van der Waals surface area contributed by atoms with E-state index in [1.54, 1.807) is 4.68 Å². The van der Waals surface area contributed by atoms with Gasteiger partial charge < -0.3 is 0 Å². The molecule has 0 radical (unpaired) electrons. The van der Waals surface area contributed by atoms with Gasteiger partial charge in [-0.25, -0.2) is 9.67 Å². The molecule has 0 saturated heterocycles. The van der Waals surface area contributed by atoms with Crippen molar-refractivity contribution in [2.24, 2.45) is 12.0 Å². The van der Waals surface area contributed by atoms with E-state index in [4.69, 9.17) is 16.6 Å². The first-order chi connectivity index (χ1) is 16.0. The van der Waals surface area contributed by atoms with Crippen LogP contribution in [0.2, 0.25) is 5.02 Å². The highest BCUT2D eigenvalue weighted by atomic mass is 35.5. The van der Waals surface area contributed by atoms with Crippen LogP contribution < -0.4 is 10.4 Å². The first-order valence-corrected chi connectivity index (χ1v) is 11.7. The van der Waals surface area contributed by atoms with E-state index in [1.807, 2.05) is 114 Å². The molecule has 0 unspecified atom stereocenters. The molecule has 0 amide bonds. The minimum absolute atomic E-state index is 0.114. The van der Waals surface area contributed by atoms with Crippen molar-refractivity contribution in [3.63, 3.8) is 0 Å². The van der Waals surface area contributed by atoms with Crippen LogP contribution in [0, 0.1) is 6.92 Å². The van der Waals surface area contributed by atoms with Crippen LogP contribution in [0.15, 0.2) is 100 Å². The zero-order valence-corrected chi connectivity index (χ0v) is 19.7. The molecule has 0 aliphatic carbocycles. The molecule has 0 saturated carbocycles. The number of thiazole rings is 1. The number of aromatic nitrogens is 3. The Bertz CT molecular complexity index is 1560. The SMILES string of the molecule is Cc1c(-n2c(-c3cccc(Cl)c3)csc2=Nc2ccccc2)c(=O)n(-c2ccccc2)n1C. The van der Waals surface area contributed by atoms with Gasteiger partial charge in [-0.15, -0.1) is 11.3 Å². The van der Waals surface area contributed by atoms with Crippen molar-refractivity contribution < 1.29 is 0 Å². The molecule has 0 aliphatic rings. The van der Waals surface area contributed by atoms with Crippen molar-refractivity contribution in [3.8, 4) is 22.6 Å². The lowest BCUT2D eigenvalue weighted by molar-refractivity contribution is 0.630. The molecule has 2 heterocycles. The first-order valence-electron chi connectivity index (χ1n) is 10.5. The maximum Gasteiger partial charge on any atom is 0.296 e. The van der Waals surface area contributed by atoms with Gasteiger partial charge in [-0.1, -0.05) is 60.1 Å². The standard InChI is InChI=1S/C26H21ClN4OS/c1-18-24(25(32)31(29(18)2)22-14-7-4-8-15-22)30-23(19-10-9-11-20(27)16-19)17-33-26(30)28-21-12-5-3-6-13-21/h3-17H,1-2H3. The number of nitrogens with zero attached hydrogens (tertiary/aromatic N) is 4. The highest BCUT2D eigenvalue weighted by Crippen LogP contribution is 2.27. The van der Waals surface area contributed by atoms with Crippen LogP contribution in [-0.4, -0.2) is 13.9 Å². The molecular formula is C26H21ClN4OS. The van der Waals surface area contributed by atoms with E-state index in [0.29, 0.717) is 15.5 Å². The minimum atomic E-state index is -0.114. The molecule has 5 aromatic rings. The van der Waals surface area contributed by atoms with Crippen molar-refractivity contribution in [1.82, 2.24) is 13.9 Å². The van der Waals surface area contributed by atoms with E-state index >= 15 is 0 Å². The molecule has 2 aromatic heterocycles. The number of hydrogen-bond acceptors (Lipinski definition) is 3. The molecule has 0 aliphatic heterocycles. The Labute approximate surface area is 200 Å². The summed E-state index contributed by atoms with van der Waals surface area (Å²) in [6, 6.07) is 27.0. The normalized spacial score (nSPS) is 11.8. The van der Waals surface area contributed by atoms with Crippen LogP contribution in [0.1, 0.15) is 5.69 Å². The molecule has 7 heteroatoms. The van der Waals surface area contributed by atoms with Gasteiger partial charge in [0, 0.05) is 23.0 Å². The van der Waals surface area contributed by atoms with Crippen LogP contribution >= 0.6 is 22.9 Å². The number of rotatable bonds is 4. The maximum absolute atomic E-state index is 13.8. The highest BCUT2D eigenvalue weighted by Gasteiger charge is 2.22. The third-order valence-corrected chi connectivity index (χ3v) is 6.62. The molecule has 0 fully saturated rings. The van der Waals surface area contributed by atoms with Crippen LogP contribution in [0.3, 0.4) is 0 Å². The number of para-hydroxylation sites is 2. The Hall–Kier alpha value is -3.61. The van der Waals surface area contributed by atoms with Crippen LogP contribution in [0.25, 0.3) is 22.6 Å². The van der Waals surface area contributed by atoms with E-state index in [1.165, 1.54) is 11.3 Å². The summed E-state index contributed by atoms with van der Waals surface area (Å²) in [6.07, 6.45) is 0. The molecule has 3 aromatic carbocycles. The van der Waals surface area contributed by atoms with Crippen molar-refractivity contribution in [2.45, 2.75) is 6.92 Å². The van der Waals surface area contributed by atoms with E-state index < -0.39 is 0 Å². The van der Waals surface area contributed by atoms with E-state index in [0.717, 1.165) is 28.3 Å². The average Bonchev–Trinajstić information content (AvgIpc) is 3.32. The fraction of sp³-hybridized carbons (Fsp3) is 0.0769. The number of halogens is 1. The average molecular weight is 473 g/mol. The molecular weight excluding hydrogens is 452 g/mol. The number of benzene rings is 3. The second kappa shape index (κ2) is 8.73. The monoisotopic (exact) mass is 472 g/mol. The van der Waals surface area contributed by atoms with Gasteiger partial charge in [0.2, 0.25) is 0 Å². The lowest BCUT2D eigenvalue weighted by atomic mass is 10.1. The predicted octanol–water partition coefficient (Wildman–Crippen LogP) is 5.89. The van der Waals surface area contributed by atoms with Gasteiger partial charge in [0.15, 0.2) is 4.80 Å². The molecule has 0 spiro atoms. The highest BCUT2D eigenvalue weighted by molar-refractivity contribution is 7.07. The lowest BCUT2D eigenvalue weighted by Crippen LogP contribution is -2.24.